The first-order valence-corrected chi connectivity index (χ1v) is 3.93. The molecule has 0 radical (unpaired) electrons. The lowest BCUT2D eigenvalue weighted by Gasteiger charge is -1.85. The standard InChI is InChI=1S/C3H6Cl2.C3H6O2/c1-3(5)2-4;1-2-3(4)5/h3H,2H2,1H3;2H2,1H3,(H,4,5). The van der Waals surface area contributed by atoms with Crippen LogP contribution in [0, 0.1) is 0 Å². The number of carbonyl (C=O) groups is 1. The Kier molecular flexibility index (Phi) is 11.5. The lowest BCUT2D eigenvalue weighted by Crippen LogP contribution is -1.87. The van der Waals surface area contributed by atoms with Gasteiger partial charge in [0.05, 0.1) is 0 Å². The Hall–Kier alpha value is 0.0500. The van der Waals surface area contributed by atoms with Crippen molar-refractivity contribution in [2.45, 2.75) is 25.6 Å². The van der Waals surface area contributed by atoms with Crippen molar-refractivity contribution in [1.29, 1.82) is 0 Å². The minimum atomic E-state index is -0.745. The zero-order valence-electron chi connectivity index (χ0n) is 6.10. The van der Waals surface area contributed by atoms with Gasteiger partial charge < -0.3 is 5.11 Å². The molecule has 0 rings (SSSR count). The van der Waals surface area contributed by atoms with Crippen LogP contribution in [0.25, 0.3) is 0 Å². The van der Waals surface area contributed by atoms with Crippen molar-refractivity contribution in [3.8, 4) is 0 Å². The quantitative estimate of drug-likeness (QED) is 0.673. The van der Waals surface area contributed by atoms with Gasteiger partial charge in [0.2, 0.25) is 0 Å². The van der Waals surface area contributed by atoms with Crippen molar-refractivity contribution in [3.63, 3.8) is 0 Å². The van der Waals surface area contributed by atoms with Crippen molar-refractivity contribution in [3.05, 3.63) is 0 Å². The Bertz CT molecular complexity index is 83.8. The smallest absolute Gasteiger partial charge is 0.303 e. The van der Waals surface area contributed by atoms with E-state index in [9.17, 15) is 4.79 Å². The van der Waals surface area contributed by atoms with E-state index >= 15 is 0 Å². The topological polar surface area (TPSA) is 37.3 Å². The van der Waals surface area contributed by atoms with Crippen LogP contribution in [0.15, 0.2) is 0 Å². The van der Waals surface area contributed by atoms with Crippen LogP contribution in [0.2, 0.25) is 0 Å². The summed E-state index contributed by atoms with van der Waals surface area (Å²) >= 11 is 10.5. The minimum absolute atomic E-state index is 0.122. The first kappa shape index (κ1) is 12.7. The SMILES string of the molecule is CC(Cl)CCl.CCC(=O)O. The first-order valence-electron chi connectivity index (χ1n) is 2.96. The average Bonchev–Trinajstić information content (AvgIpc) is 1.89. The second kappa shape index (κ2) is 9.05. The molecule has 10 heavy (non-hydrogen) atoms. The molecule has 1 unspecified atom stereocenters. The second-order valence-corrected chi connectivity index (χ2v) is 2.74. The largest absolute Gasteiger partial charge is 0.481 e. The molecule has 0 amide bonds. The van der Waals surface area contributed by atoms with Gasteiger partial charge in [0.25, 0.3) is 0 Å². The number of halogens is 2. The lowest BCUT2D eigenvalue weighted by molar-refractivity contribution is -0.136. The molecule has 0 aromatic carbocycles. The van der Waals surface area contributed by atoms with E-state index < -0.39 is 5.97 Å². The van der Waals surface area contributed by atoms with E-state index in [1.807, 2.05) is 6.92 Å². The molecule has 2 nitrogen and oxygen atoms in total. The van der Waals surface area contributed by atoms with Crippen molar-refractivity contribution >= 4 is 29.2 Å². The van der Waals surface area contributed by atoms with Gasteiger partial charge in [0.1, 0.15) is 0 Å². The summed E-state index contributed by atoms with van der Waals surface area (Å²) in [6.45, 7) is 3.46. The fourth-order valence-electron chi connectivity index (χ4n) is 0. The van der Waals surface area contributed by atoms with E-state index in [0.29, 0.717) is 5.88 Å². The van der Waals surface area contributed by atoms with Crippen LogP contribution >= 0.6 is 23.2 Å². The van der Waals surface area contributed by atoms with Gasteiger partial charge in [-0.05, 0) is 6.92 Å². The zero-order chi connectivity index (χ0) is 8.57. The van der Waals surface area contributed by atoms with Crippen molar-refractivity contribution in [2.24, 2.45) is 0 Å². The van der Waals surface area contributed by atoms with Crippen LogP contribution in [0.3, 0.4) is 0 Å². The minimum Gasteiger partial charge on any atom is -0.481 e. The van der Waals surface area contributed by atoms with Gasteiger partial charge in [0.15, 0.2) is 0 Å². The first-order chi connectivity index (χ1) is 4.54. The maximum atomic E-state index is 9.37. The van der Waals surface area contributed by atoms with Gasteiger partial charge in [-0.15, -0.1) is 23.2 Å². The van der Waals surface area contributed by atoms with E-state index in [-0.39, 0.29) is 11.8 Å². The van der Waals surface area contributed by atoms with Gasteiger partial charge in [-0.1, -0.05) is 6.92 Å². The van der Waals surface area contributed by atoms with Crippen LogP contribution in [-0.2, 0) is 4.79 Å². The van der Waals surface area contributed by atoms with Crippen LogP contribution in [-0.4, -0.2) is 22.3 Å². The number of aliphatic carboxylic acids is 1. The predicted octanol–water partition coefficient (Wildman–Crippen LogP) is 2.33. The summed E-state index contributed by atoms with van der Waals surface area (Å²) in [5.74, 6) is -0.202. The Morgan fingerprint density at radius 1 is 1.70 bits per heavy atom. The molecule has 62 valence electrons. The van der Waals surface area contributed by atoms with Crippen LogP contribution < -0.4 is 0 Å². The van der Waals surface area contributed by atoms with Gasteiger partial charge >= 0.3 is 5.97 Å². The molecule has 0 aromatic rings. The molecular weight excluding hydrogens is 175 g/mol. The molecule has 0 aliphatic heterocycles. The van der Waals surface area contributed by atoms with Crippen LogP contribution in [0.5, 0.6) is 0 Å². The maximum Gasteiger partial charge on any atom is 0.303 e. The van der Waals surface area contributed by atoms with Gasteiger partial charge in [-0.25, -0.2) is 0 Å². The number of carboxylic acids is 1. The molecule has 4 heteroatoms. The van der Waals surface area contributed by atoms with Gasteiger partial charge in [-0.2, -0.15) is 0 Å². The van der Waals surface area contributed by atoms with E-state index in [1.54, 1.807) is 6.92 Å². The Morgan fingerprint density at radius 2 is 1.90 bits per heavy atom. The number of hydrogen-bond donors (Lipinski definition) is 1. The third-order valence-corrected chi connectivity index (χ3v) is 1.29. The van der Waals surface area contributed by atoms with E-state index in [2.05, 4.69) is 0 Å². The molecule has 0 fully saturated rings. The fourth-order valence-corrected chi connectivity index (χ4v) is 0. The Balaban J connectivity index is 0. The summed E-state index contributed by atoms with van der Waals surface area (Å²) in [6.07, 6.45) is 0.222. The van der Waals surface area contributed by atoms with Gasteiger partial charge in [0, 0.05) is 17.7 Å². The number of alkyl halides is 2. The van der Waals surface area contributed by atoms with E-state index in [4.69, 9.17) is 28.3 Å². The maximum absolute atomic E-state index is 9.37. The lowest BCUT2D eigenvalue weighted by atomic mass is 10.5. The summed E-state index contributed by atoms with van der Waals surface area (Å²) in [7, 11) is 0. The van der Waals surface area contributed by atoms with E-state index in [1.165, 1.54) is 0 Å². The average molecular weight is 187 g/mol. The van der Waals surface area contributed by atoms with Crippen LogP contribution in [0.1, 0.15) is 20.3 Å². The zero-order valence-corrected chi connectivity index (χ0v) is 7.61. The summed E-state index contributed by atoms with van der Waals surface area (Å²) in [6, 6.07) is 0. The highest BCUT2D eigenvalue weighted by Crippen LogP contribution is 1.93. The fraction of sp³-hybridized carbons (Fsp3) is 0.833. The van der Waals surface area contributed by atoms with Crippen molar-refractivity contribution in [2.75, 3.05) is 5.88 Å². The highest BCUT2D eigenvalue weighted by Gasteiger charge is 1.85. The summed E-state index contributed by atoms with van der Waals surface area (Å²) in [5.41, 5.74) is 0. The number of hydrogen-bond acceptors (Lipinski definition) is 1. The van der Waals surface area contributed by atoms with E-state index in [0.717, 1.165) is 0 Å². The Labute approximate surface area is 71.1 Å². The predicted molar refractivity (Wildman–Crippen MR) is 44.0 cm³/mol. The molecule has 1 N–H and O–H groups in total. The van der Waals surface area contributed by atoms with Crippen molar-refractivity contribution < 1.29 is 9.90 Å². The highest BCUT2D eigenvalue weighted by atomic mass is 35.5. The van der Waals surface area contributed by atoms with Crippen molar-refractivity contribution in [1.82, 2.24) is 0 Å². The summed E-state index contributed by atoms with van der Waals surface area (Å²) in [4.78, 5) is 9.37. The molecule has 0 spiro atoms. The Morgan fingerprint density at radius 3 is 1.90 bits per heavy atom. The number of carboxylic acid groups (broad SMARTS) is 1. The summed E-state index contributed by atoms with van der Waals surface area (Å²) < 4.78 is 0. The molecule has 0 aromatic heterocycles. The monoisotopic (exact) mass is 186 g/mol. The molecule has 0 heterocycles. The number of rotatable bonds is 2. The third kappa shape index (κ3) is 24.4. The molecular formula is C6H12Cl2O2. The summed E-state index contributed by atoms with van der Waals surface area (Å²) in [5, 5.41) is 7.84. The molecule has 0 saturated carbocycles. The highest BCUT2D eigenvalue weighted by molar-refractivity contribution is 6.27. The molecule has 1 atom stereocenters. The van der Waals surface area contributed by atoms with Gasteiger partial charge in [-0.3, -0.25) is 4.79 Å². The third-order valence-electron chi connectivity index (χ3n) is 0.515. The normalized spacial score (nSPS) is 11.2. The molecule has 0 aliphatic carbocycles. The molecule has 0 saturated heterocycles. The van der Waals surface area contributed by atoms with Crippen LogP contribution in [0.4, 0.5) is 0 Å². The second-order valence-electron chi connectivity index (χ2n) is 1.68. The molecule has 0 aliphatic rings. The molecule has 0 bridgehead atoms.